The highest BCUT2D eigenvalue weighted by molar-refractivity contribution is 5.86. The molecule has 3 heterocycles. The van der Waals surface area contributed by atoms with E-state index >= 15 is 0 Å². The highest BCUT2D eigenvalue weighted by Gasteiger charge is 2.55. The molecule has 4 aliphatic rings. The van der Waals surface area contributed by atoms with Gasteiger partial charge in [-0.05, 0) is 19.4 Å². The van der Waals surface area contributed by atoms with Gasteiger partial charge in [-0.15, -0.1) is 74.4 Å². The van der Waals surface area contributed by atoms with Gasteiger partial charge in [-0.2, -0.15) is 0 Å². The molecule has 55 heavy (non-hydrogen) atoms. The molecular weight excluding hydrogens is 875 g/mol. The van der Waals surface area contributed by atoms with E-state index in [-0.39, 0.29) is 107 Å². The SMILES string of the molecule is Cl.Cl.Cl.Cl.Cl.Cl.NCC[C@H](O)C(=O)N[C@@H]1C[C@H](N)[C@@H](O[C@H]2O[C@H](CN)[C@@H](O)[C@H](O)[C@H]2N)[C@H](O[C@@H]2O[C@H](CO)[C@@H](O[C@H]3O[C@@H](CN)[C@@H](O)[C@H](O)[C@H]3N)[C@H]2O)[C@H]1O. The second kappa shape index (κ2) is 26.6. The zero-order valence-corrected chi connectivity index (χ0v) is 34.0. The second-order valence-corrected chi connectivity index (χ2v) is 12.8. The first-order chi connectivity index (χ1) is 23.2. The van der Waals surface area contributed by atoms with Crippen LogP contribution >= 0.6 is 74.4 Å². The van der Waals surface area contributed by atoms with Gasteiger partial charge < -0.3 is 109 Å². The number of carbonyl (C=O) groups is 1. The third-order valence-corrected chi connectivity index (χ3v) is 9.40. The van der Waals surface area contributed by atoms with Crippen molar-refractivity contribution in [3.8, 4) is 0 Å². The number of aliphatic hydroxyl groups is 8. The lowest BCUT2D eigenvalue weighted by molar-refractivity contribution is -0.307. The van der Waals surface area contributed by atoms with Crippen molar-refractivity contribution in [2.45, 2.75) is 135 Å². The van der Waals surface area contributed by atoms with Crippen LogP contribution in [0.2, 0.25) is 0 Å². The van der Waals surface area contributed by atoms with Crippen LogP contribution in [0.3, 0.4) is 0 Å². The molecule has 28 heteroatoms. The van der Waals surface area contributed by atoms with Crippen molar-refractivity contribution in [3.63, 3.8) is 0 Å². The van der Waals surface area contributed by atoms with Crippen molar-refractivity contribution in [1.82, 2.24) is 5.32 Å². The van der Waals surface area contributed by atoms with Gasteiger partial charge in [0, 0.05) is 19.1 Å². The molecule has 1 saturated carbocycles. The first kappa shape index (κ1) is 59.7. The fourth-order valence-corrected chi connectivity index (χ4v) is 6.42. The summed E-state index contributed by atoms with van der Waals surface area (Å²) in [7, 11) is 0. The van der Waals surface area contributed by atoms with Crippen molar-refractivity contribution < 1.29 is 74.1 Å². The van der Waals surface area contributed by atoms with Gasteiger partial charge in [-0.3, -0.25) is 4.79 Å². The van der Waals surface area contributed by atoms with Crippen molar-refractivity contribution in [1.29, 1.82) is 0 Å². The quantitative estimate of drug-likeness (QED) is 0.0816. The van der Waals surface area contributed by atoms with E-state index < -0.39 is 135 Å². The van der Waals surface area contributed by atoms with Crippen molar-refractivity contribution in [2.75, 3.05) is 26.2 Å². The summed E-state index contributed by atoms with van der Waals surface area (Å²) in [6.45, 7) is -1.14. The second-order valence-electron chi connectivity index (χ2n) is 12.8. The van der Waals surface area contributed by atoms with Crippen LogP contribution in [0, 0.1) is 0 Å². The third-order valence-electron chi connectivity index (χ3n) is 9.40. The van der Waals surface area contributed by atoms with Gasteiger partial charge in [0.05, 0.1) is 24.7 Å². The monoisotopic (exact) mass is 931 g/mol. The average Bonchev–Trinajstić information content (AvgIpc) is 3.38. The molecule has 20 atom stereocenters. The summed E-state index contributed by atoms with van der Waals surface area (Å²) >= 11 is 0. The summed E-state index contributed by atoms with van der Waals surface area (Å²) in [4.78, 5) is 12.6. The molecule has 0 unspecified atom stereocenters. The Balaban J connectivity index is -0.00000451. The summed E-state index contributed by atoms with van der Waals surface area (Å²) in [6, 6.07) is -4.82. The number of nitrogens with two attached hydrogens (primary N) is 6. The smallest absolute Gasteiger partial charge is 0.249 e. The minimum atomic E-state index is -1.72. The van der Waals surface area contributed by atoms with Crippen LogP contribution in [0.25, 0.3) is 0 Å². The Labute approximate surface area is 354 Å². The first-order valence-electron chi connectivity index (χ1n) is 16.2. The molecule has 3 saturated heterocycles. The van der Waals surface area contributed by atoms with Crippen LogP contribution in [0.4, 0.5) is 0 Å². The van der Waals surface area contributed by atoms with E-state index in [1.807, 2.05) is 0 Å². The maximum Gasteiger partial charge on any atom is 0.249 e. The molecule has 21 N–H and O–H groups in total. The lowest BCUT2D eigenvalue weighted by Gasteiger charge is -2.48. The van der Waals surface area contributed by atoms with Crippen LogP contribution in [0.1, 0.15) is 12.8 Å². The van der Waals surface area contributed by atoms with Gasteiger partial charge in [-0.1, -0.05) is 0 Å². The molecule has 0 aromatic carbocycles. The van der Waals surface area contributed by atoms with E-state index in [9.17, 15) is 45.6 Å². The minimum Gasteiger partial charge on any atom is -0.394 e. The Bertz CT molecular complexity index is 1080. The van der Waals surface area contributed by atoms with E-state index in [0.29, 0.717) is 0 Å². The van der Waals surface area contributed by atoms with E-state index in [2.05, 4.69) is 5.32 Å². The normalized spacial score (nSPS) is 43.1. The van der Waals surface area contributed by atoms with Crippen molar-refractivity contribution in [2.24, 2.45) is 34.4 Å². The summed E-state index contributed by atoms with van der Waals surface area (Å²) in [6.07, 6.45) is -23.2. The Kier molecular flexibility index (Phi) is 28.9. The number of carbonyl (C=O) groups excluding carboxylic acids is 1. The van der Waals surface area contributed by atoms with E-state index in [0.717, 1.165) is 0 Å². The zero-order chi connectivity index (χ0) is 36.3. The highest BCUT2D eigenvalue weighted by atomic mass is 35.5. The number of hydrogen-bond acceptors (Lipinski definition) is 21. The number of aliphatic hydroxyl groups excluding tert-OH is 8. The third kappa shape index (κ3) is 13.5. The summed E-state index contributed by atoms with van der Waals surface area (Å²) in [5.41, 5.74) is 35.3. The van der Waals surface area contributed by atoms with Gasteiger partial charge in [0.25, 0.3) is 0 Å². The highest BCUT2D eigenvalue weighted by Crippen LogP contribution is 2.34. The van der Waals surface area contributed by atoms with Gasteiger partial charge in [0.15, 0.2) is 18.9 Å². The van der Waals surface area contributed by atoms with Crippen LogP contribution in [-0.4, -0.2) is 195 Å². The molecule has 1 amide bonds. The van der Waals surface area contributed by atoms with Crippen LogP contribution in [-0.2, 0) is 33.2 Å². The molecule has 334 valence electrons. The summed E-state index contributed by atoms with van der Waals surface area (Å²) in [5.74, 6) is -0.849. The molecule has 0 aromatic heterocycles. The largest absolute Gasteiger partial charge is 0.394 e. The maximum absolute atomic E-state index is 12.6. The Hall–Kier alpha value is 0.410. The molecule has 0 spiro atoms. The van der Waals surface area contributed by atoms with Gasteiger partial charge >= 0.3 is 0 Å². The number of amides is 1. The molecule has 22 nitrogen and oxygen atoms in total. The zero-order valence-electron chi connectivity index (χ0n) is 29.1. The minimum absolute atomic E-state index is 0. The predicted molar refractivity (Wildman–Crippen MR) is 205 cm³/mol. The number of hydrogen-bond donors (Lipinski definition) is 15. The lowest BCUT2D eigenvalue weighted by atomic mass is 9.83. The average molecular weight is 935 g/mol. The molecular formula is C27H59Cl6N7O15. The molecule has 4 rings (SSSR count). The van der Waals surface area contributed by atoms with E-state index in [4.69, 9.17) is 62.8 Å². The Morgan fingerprint density at radius 1 is 0.636 bits per heavy atom. The molecule has 0 aromatic rings. The van der Waals surface area contributed by atoms with Crippen molar-refractivity contribution in [3.05, 3.63) is 0 Å². The molecule has 3 aliphatic heterocycles. The van der Waals surface area contributed by atoms with Crippen LogP contribution in [0.15, 0.2) is 0 Å². The van der Waals surface area contributed by atoms with Gasteiger partial charge in [-0.25, -0.2) is 0 Å². The van der Waals surface area contributed by atoms with Crippen LogP contribution in [0.5, 0.6) is 0 Å². The first-order valence-corrected chi connectivity index (χ1v) is 16.2. The number of ether oxygens (including phenoxy) is 6. The lowest BCUT2D eigenvalue weighted by Crippen LogP contribution is -2.69. The fourth-order valence-electron chi connectivity index (χ4n) is 6.42. The standard InChI is InChI=1S/C27H53N7O15.6ClH/c28-2-1-9(36)24(43)34-8-3-7(31)21(47-25-13(32)18(40)16(38)10(4-29)44-25)23(15(8)37)49-27-20(42)22(12(6-35)46-27)48-26-14(33)19(41)17(39)11(5-30)45-26;;;;;;/h7-23,25-27,35-42H,1-6,28-33H2,(H,34,43);6*1H/t7-,8+,9-,10+,11-,12+,13+,14+,15-,16+,17+,18+,19+,20+,21+,22+,23+,25+,26+,27-;;;;;;/m0....../s1. The number of nitrogens with one attached hydrogen (secondary N) is 1. The number of halogens is 6. The van der Waals surface area contributed by atoms with Crippen LogP contribution < -0.4 is 39.7 Å². The molecule has 0 bridgehead atoms. The van der Waals surface area contributed by atoms with Crippen molar-refractivity contribution >= 4 is 80.3 Å². The maximum atomic E-state index is 12.6. The number of rotatable bonds is 13. The molecule has 0 radical (unpaired) electrons. The topological polar surface area (TPSA) is 402 Å². The Morgan fingerprint density at radius 2 is 1.07 bits per heavy atom. The Morgan fingerprint density at radius 3 is 1.51 bits per heavy atom. The fraction of sp³-hybridized carbons (Fsp3) is 0.963. The van der Waals surface area contributed by atoms with E-state index in [1.165, 1.54) is 0 Å². The summed E-state index contributed by atoms with van der Waals surface area (Å²) < 4.78 is 35.0. The molecule has 1 aliphatic carbocycles. The predicted octanol–water partition coefficient (Wildman–Crippen LogP) is -7.50. The van der Waals surface area contributed by atoms with Gasteiger partial charge in [0.2, 0.25) is 5.91 Å². The van der Waals surface area contributed by atoms with E-state index in [1.54, 1.807) is 0 Å². The molecule has 4 fully saturated rings. The summed E-state index contributed by atoms with van der Waals surface area (Å²) in [5, 5.41) is 86.9. The van der Waals surface area contributed by atoms with Gasteiger partial charge in [0.1, 0.15) is 79.4 Å².